The van der Waals surface area contributed by atoms with E-state index in [9.17, 15) is 0 Å². The molecule has 0 saturated carbocycles. The zero-order chi connectivity index (χ0) is 11.1. The van der Waals surface area contributed by atoms with Crippen molar-refractivity contribution >= 4 is 17.2 Å². The molecule has 0 atom stereocenters. The average molecular weight is 235 g/mol. The molecule has 5 nitrogen and oxygen atoms in total. The normalized spacial score (nSPS) is 14.8. The van der Waals surface area contributed by atoms with Gasteiger partial charge in [-0.15, -0.1) is 0 Å². The lowest BCUT2D eigenvalue weighted by Gasteiger charge is -2.16. The minimum atomic E-state index is 0.441. The maximum absolute atomic E-state index is 8.91. The van der Waals surface area contributed by atoms with Crippen molar-refractivity contribution in [1.29, 1.82) is 5.26 Å². The molecule has 0 radical (unpaired) electrons. The summed E-state index contributed by atoms with van der Waals surface area (Å²) in [5.74, 6) is 0. The van der Waals surface area contributed by atoms with Gasteiger partial charge in [-0.05, 0) is 0 Å². The molecule has 1 aliphatic heterocycles. The van der Waals surface area contributed by atoms with E-state index >= 15 is 0 Å². The Morgan fingerprint density at radius 1 is 1.56 bits per heavy atom. The fraction of sp³-hybridized carbons (Fsp3) is 0.300. The topological polar surface area (TPSA) is 63.2 Å². The Morgan fingerprint density at radius 3 is 3.25 bits per heavy atom. The highest BCUT2D eigenvalue weighted by molar-refractivity contribution is 6.30. The molecule has 0 aliphatic carbocycles. The Morgan fingerprint density at radius 2 is 2.44 bits per heavy atom. The van der Waals surface area contributed by atoms with E-state index in [-0.39, 0.29) is 0 Å². The molecule has 0 amide bonds. The summed E-state index contributed by atoms with van der Waals surface area (Å²) >= 11 is 6.20. The highest BCUT2D eigenvalue weighted by Gasteiger charge is 2.19. The first kappa shape index (κ1) is 9.58. The summed E-state index contributed by atoms with van der Waals surface area (Å²) in [5, 5.41) is 13.4. The van der Waals surface area contributed by atoms with Gasteiger partial charge in [0.1, 0.15) is 16.8 Å². The Kier molecular flexibility index (Phi) is 2.06. The van der Waals surface area contributed by atoms with Crippen molar-refractivity contribution in [3.63, 3.8) is 0 Å². The quantitative estimate of drug-likeness (QED) is 0.645. The summed E-state index contributed by atoms with van der Waals surface area (Å²) in [6.45, 7) is 1.10. The van der Waals surface area contributed by atoms with E-state index in [4.69, 9.17) is 21.6 Å². The molecule has 2 aromatic rings. The van der Waals surface area contributed by atoms with Gasteiger partial charge in [0.05, 0.1) is 25.1 Å². The molecule has 80 valence electrons. The summed E-state index contributed by atoms with van der Waals surface area (Å²) in [4.78, 5) is 4.42. The highest BCUT2D eigenvalue weighted by Crippen LogP contribution is 2.25. The fourth-order valence-corrected chi connectivity index (χ4v) is 2.09. The van der Waals surface area contributed by atoms with Crippen LogP contribution in [0.1, 0.15) is 16.8 Å². The maximum atomic E-state index is 8.91. The van der Waals surface area contributed by atoms with Crippen molar-refractivity contribution in [2.75, 3.05) is 6.61 Å². The SMILES string of the molecule is N#Cc1cnn2c(Cl)c3c(nc12)CCOC3. The van der Waals surface area contributed by atoms with Crippen molar-refractivity contribution in [1.82, 2.24) is 14.6 Å². The second-order valence-electron chi connectivity index (χ2n) is 3.54. The smallest absolute Gasteiger partial charge is 0.174 e. The van der Waals surface area contributed by atoms with E-state index in [1.54, 1.807) is 0 Å². The Bertz CT molecular complexity index is 613. The molecule has 6 heteroatoms. The van der Waals surface area contributed by atoms with Gasteiger partial charge in [-0.25, -0.2) is 9.50 Å². The predicted octanol–water partition coefficient (Wildman–Crippen LogP) is 1.33. The summed E-state index contributed by atoms with van der Waals surface area (Å²) < 4.78 is 6.81. The first-order chi connectivity index (χ1) is 7.81. The van der Waals surface area contributed by atoms with Gasteiger partial charge in [0.25, 0.3) is 0 Å². The van der Waals surface area contributed by atoms with E-state index in [1.165, 1.54) is 10.7 Å². The van der Waals surface area contributed by atoms with Crippen LogP contribution in [0.3, 0.4) is 0 Å². The zero-order valence-electron chi connectivity index (χ0n) is 8.27. The number of hydrogen-bond donors (Lipinski definition) is 0. The number of nitriles is 1. The second kappa shape index (κ2) is 3.44. The minimum Gasteiger partial charge on any atom is -0.376 e. The second-order valence-corrected chi connectivity index (χ2v) is 3.89. The van der Waals surface area contributed by atoms with E-state index in [1.807, 2.05) is 6.07 Å². The third-order valence-electron chi connectivity index (χ3n) is 2.62. The lowest BCUT2D eigenvalue weighted by molar-refractivity contribution is 0.109. The van der Waals surface area contributed by atoms with Crippen LogP contribution in [0.5, 0.6) is 0 Å². The molecule has 3 heterocycles. The van der Waals surface area contributed by atoms with Gasteiger partial charge in [-0.1, -0.05) is 11.6 Å². The number of aromatic nitrogens is 3. The van der Waals surface area contributed by atoms with Crippen LogP contribution in [-0.4, -0.2) is 21.2 Å². The number of ether oxygens (including phenoxy) is 1. The number of fused-ring (bicyclic) bond motifs is 2. The third-order valence-corrected chi connectivity index (χ3v) is 3.01. The van der Waals surface area contributed by atoms with Gasteiger partial charge in [-0.3, -0.25) is 0 Å². The monoisotopic (exact) mass is 234 g/mol. The van der Waals surface area contributed by atoms with E-state index < -0.39 is 0 Å². The first-order valence-electron chi connectivity index (χ1n) is 4.84. The van der Waals surface area contributed by atoms with Crippen molar-refractivity contribution < 1.29 is 4.74 Å². The highest BCUT2D eigenvalue weighted by atomic mass is 35.5. The minimum absolute atomic E-state index is 0.441. The van der Waals surface area contributed by atoms with Crippen LogP contribution >= 0.6 is 11.6 Å². The molecule has 0 bridgehead atoms. The predicted molar refractivity (Wildman–Crippen MR) is 56.1 cm³/mol. The zero-order valence-corrected chi connectivity index (χ0v) is 9.03. The molecule has 1 aliphatic rings. The maximum Gasteiger partial charge on any atom is 0.174 e. The van der Waals surface area contributed by atoms with Crippen molar-refractivity contribution in [3.8, 4) is 6.07 Å². The average Bonchev–Trinajstić information content (AvgIpc) is 2.72. The van der Waals surface area contributed by atoms with Crippen LogP contribution in [0, 0.1) is 11.3 Å². The lowest BCUT2D eigenvalue weighted by Crippen LogP contribution is -2.14. The van der Waals surface area contributed by atoms with Crippen LogP contribution in [-0.2, 0) is 17.8 Å². The van der Waals surface area contributed by atoms with E-state index in [0.717, 1.165) is 17.7 Å². The van der Waals surface area contributed by atoms with E-state index in [2.05, 4.69) is 10.1 Å². The Balaban J connectivity index is 2.37. The molecule has 0 N–H and O–H groups in total. The summed E-state index contributed by atoms with van der Waals surface area (Å²) in [6.07, 6.45) is 2.20. The molecule has 0 fully saturated rings. The molecule has 16 heavy (non-hydrogen) atoms. The van der Waals surface area contributed by atoms with Crippen LogP contribution in [0.2, 0.25) is 5.15 Å². The largest absolute Gasteiger partial charge is 0.376 e. The number of nitrogens with zero attached hydrogens (tertiary/aromatic N) is 4. The molecule has 0 saturated heterocycles. The molecule has 0 unspecified atom stereocenters. The standard InChI is InChI=1S/C10H7ClN4O/c11-9-7-5-16-2-1-8(7)14-10-6(3-12)4-13-15(9)10/h4H,1-2,5H2. The van der Waals surface area contributed by atoms with Crippen molar-refractivity contribution in [2.24, 2.45) is 0 Å². The molecule has 0 aromatic carbocycles. The fourth-order valence-electron chi connectivity index (χ4n) is 1.81. The Labute approximate surface area is 96.2 Å². The van der Waals surface area contributed by atoms with Crippen molar-refractivity contribution in [3.05, 3.63) is 28.2 Å². The third kappa shape index (κ3) is 1.21. The first-order valence-corrected chi connectivity index (χ1v) is 5.22. The molecule has 3 rings (SSSR count). The van der Waals surface area contributed by atoms with Gasteiger partial charge in [0, 0.05) is 12.0 Å². The molecule has 2 aromatic heterocycles. The van der Waals surface area contributed by atoms with Gasteiger partial charge in [0.15, 0.2) is 5.65 Å². The number of halogens is 1. The van der Waals surface area contributed by atoms with Crippen molar-refractivity contribution in [2.45, 2.75) is 13.0 Å². The van der Waals surface area contributed by atoms with E-state index in [0.29, 0.717) is 29.6 Å². The molecular formula is C10H7ClN4O. The Hall–Kier alpha value is -1.64. The molecular weight excluding hydrogens is 228 g/mol. The molecule has 0 spiro atoms. The number of hydrogen-bond acceptors (Lipinski definition) is 4. The number of rotatable bonds is 0. The van der Waals surface area contributed by atoms with Crippen LogP contribution in [0.15, 0.2) is 6.20 Å². The van der Waals surface area contributed by atoms with Gasteiger partial charge in [0.2, 0.25) is 0 Å². The summed E-state index contributed by atoms with van der Waals surface area (Å²) in [6, 6.07) is 2.05. The lowest BCUT2D eigenvalue weighted by atomic mass is 10.1. The van der Waals surface area contributed by atoms with Crippen LogP contribution in [0.4, 0.5) is 0 Å². The summed E-state index contributed by atoms with van der Waals surface area (Å²) in [7, 11) is 0. The van der Waals surface area contributed by atoms with Crippen LogP contribution < -0.4 is 0 Å². The van der Waals surface area contributed by atoms with Gasteiger partial charge >= 0.3 is 0 Å². The summed E-state index contributed by atoms with van der Waals surface area (Å²) in [5.41, 5.74) is 2.73. The van der Waals surface area contributed by atoms with Gasteiger partial charge < -0.3 is 4.74 Å². The van der Waals surface area contributed by atoms with Gasteiger partial charge in [-0.2, -0.15) is 10.4 Å². The van der Waals surface area contributed by atoms with Crippen LogP contribution in [0.25, 0.3) is 5.65 Å².